The molecular weight excluding hydrogens is 344 g/mol. The fourth-order valence-corrected chi connectivity index (χ4v) is 2.98. The zero-order valence-electron chi connectivity index (χ0n) is 15.6. The SMILES string of the molecule is CCN1CCN(c2ccc(NC(=O)CCc3ccc(OC)cc3)cn2)C1=O. The maximum absolute atomic E-state index is 12.2. The molecule has 1 fully saturated rings. The van der Waals surface area contributed by atoms with Gasteiger partial charge in [0, 0.05) is 26.1 Å². The predicted molar refractivity (Wildman–Crippen MR) is 104 cm³/mol. The first-order valence-electron chi connectivity index (χ1n) is 9.06. The average molecular weight is 368 g/mol. The fraction of sp³-hybridized carbons (Fsp3) is 0.350. The van der Waals surface area contributed by atoms with E-state index in [1.165, 1.54) is 0 Å². The minimum Gasteiger partial charge on any atom is -0.497 e. The van der Waals surface area contributed by atoms with Gasteiger partial charge in [-0.05, 0) is 43.2 Å². The molecule has 1 saturated heterocycles. The Bertz CT molecular complexity index is 790. The van der Waals surface area contributed by atoms with Crippen LogP contribution in [0.25, 0.3) is 0 Å². The third-order valence-corrected chi connectivity index (χ3v) is 4.58. The summed E-state index contributed by atoms with van der Waals surface area (Å²) in [7, 11) is 1.63. The lowest BCUT2D eigenvalue weighted by atomic mass is 10.1. The molecule has 0 atom stereocenters. The number of methoxy groups -OCH3 is 1. The van der Waals surface area contributed by atoms with E-state index in [4.69, 9.17) is 4.74 Å². The lowest BCUT2D eigenvalue weighted by Crippen LogP contribution is -2.32. The number of amides is 3. The predicted octanol–water partition coefficient (Wildman–Crippen LogP) is 2.92. The highest BCUT2D eigenvalue weighted by Gasteiger charge is 2.28. The number of aryl methyl sites for hydroxylation is 1. The second-order valence-corrected chi connectivity index (χ2v) is 6.32. The summed E-state index contributed by atoms with van der Waals surface area (Å²) in [5.41, 5.74) is 1.70. The first-order valence-corrected chi connectivity index (χ1v) is 9.06. The van der Waals surface area contributed by atoms with Gasteiger partial charge in [0.15, 0.2) is 0 Å². The minimum atomic E-state index is -0.0743. The smallest absolute Gasteiger partial charge is 0.325 e. The Morgan fingerprint density at radius 2 is 1.96 bits per heavy atom. The van der Waals surface area contributed by atoms with E-state index in [9.17, 15) is 9.59 Å². The van der Waals surface area contributed by atoms with Gasteiger partial charge in [0.25, 0.3) is 0 Å². The van der Waals surface area contributed by atoms with Crippen LogP contribution in [0.4, 0.5) is 16.3 Å². The molecule has 1 aromatic carbocycles. The third-order valence-electron chi connectivity index (χ3n) is 4.58. The van der Waals surface area contributed by atoms with E-state index in [0.717, 1.165) is 11.3 Å². The van der Waals surface area contributed by atoms with Crippen molar-refractivity contribution in [1.82, 2.24) is 9.88 Å². The summed E-state index contributed by atoms with van der Waals surface area (Å²) in [6, 6.07) is 11.2. The van der Waals surface area contributed by atoms with E-state index < -0.39 is 0 Å². The number of ether oxygens (including phenoxy) is 1. The summed E-state index contributed by atoms with van der Waals surface area (Å²) >= 11 is 0. The molecule has 7 heteroatoms. The topological polar surface area (TPSA) is 74.8 Å². The van der Waals surface area contributed by atoms with E-state index in [0.29, 0.717) is 44.0 Å². The van der Waals surface area contributed by atoms with Crippen molar-refractivity contribution in [2.75, 3.05) is 37.0 Å². The van der Waals surface area contributed by atoms with Gasteiger partial charge in [0.05, 0.1) is 19.0 Å². The van der Waals surface area contributed by atoms with Gasteiger partial charge in [-0.2, -0.15) is 0 Å². The molecule has 0 saturated carbocycles. The number of carbonyl (C=O) groups excluding carboxylic acids is 2. The molecule has 27 heavy (non-hydrogen) atoms. The van der Waals surface area contributed by atoms with Gasteiger partial charge in [-0.3, -0.25) is 9.69 Å². The fourth-order valence-electron chi connectivity index (χ4n) is 2.98. The van der Waals surface area contributed by atoms with Crippen LogP contribution in [0, 0.1) is 0 Å². The van der Waals surface area contributed by atoms with Gasteiger partial charge in [-0.25, -0.2) is 9.78 Å². The Morgan fingerprint density at radius 1 is 1.19 bits per heavy atom. The molecule has 2 aromatic rings. The molecule has 1 aliphatic heterocycles. The van der Waals surface area contributed by atoms with Crippen molar-refractivity contribution < 1.29 is 14.3 Å². The molecule has 0 spiro atoms. The number of anilines is 2. The standard InChI is InChI=1S/C20H24N4O3/c1-3-23-12-13-24(20(23)26)18-10-7-16(14-21-18)22-19(25)11-6-15-4-8-17(27-2)9-5-15/h4-5,7-10,14H,3,6,11-13H2,1-2H3,(H,22,25). The highest BCUT2D eigenvalue weighted by molar-refractivity contribution is 5.94. The van der Waals surface area contributed by atoms with Crippen LogP contribution in [0.15, 0.2) is 42.6 Å². The summed E-state index contributed by atoms with van der Waals surface area (Å²) in [5.74, 6) is 1.33. The van der Waals surface area contributed by atoms with E-state index in [1.54, 1.807) is 35.2 Å². The van der Waals surface area contributed by atoms with Crippen molar-refractivity contribution in [3.05, 3.63) is 48.2 Å². The maximum atomic E-state index is 12.2. The van der Waals surface area contributed by atoms with Crippen molar-refractivity contribution >= 4 is 23.4 Å². The molecule has 1 N–H and O–H groups in total. The summed E-state index contributed by atoms with van der Waals surface area (Å²) in [4.78, 5) is 32.1. The number of rotatable bonds is 7. The molecule has 142 valence electrons. The molecule has 0 radical (unpaired) electrons. The molecule has 1 aromatic heterocycles. The van der Waals surface area contributed by atoms with Gasteiger partial charge >= 0.3 is 6.03 Å². The third kappa shape index (κ3) is 4.55. The Hall–Kier alpha value is -3.09. The molecular formula is C20H24N4O3. The first kappa shape index (κ1) is 18.7. The summed E-state index contributed by atoms with van der Waals surface area (Å²) in [6.07, 6.45) is 2.61. The molecule has 3 amide bonds. The lowest BCUT2D eigenvalue weighted by Gasteiger charge is -2.16. The van der Waals surface area contributed by atoms with E-state index in [2.05, 4.69) is 10.3 Å². The van der Waals surface area contributed by atoms with E-state index in [-0.39, 0.29) is 11.9 Å². The highest BCUT2D eigenvalue weighted by Crippen LogP contribution is 2.19. The van der Waals surface area contributed by atoms with Crippen molar-refractivity contribution in [3.8, 4) is 5.75 Å². The van der Waals surface area contributed by atoms with Crippen molar-refractivity contribution in [2.24, 2.45) is 0 Å². The molecule has 3 rings (SSSR count). The van der Waals surface area contributed by atoms with Crippen LogP contribution < -0.4 is 15.0 Å². The van der Waals surface area contributed by atoms with E-state index >= 15 is 0 Å². The van der Waals surface area contributed by atoms with Crippen LogP contribution in [-0.4, -0.2) is 48.6 Å². The van der Waals surface area contributed by atoms with E-state index in [1.807, 2.05) is 31.2 Å². The maximum Gasteiger partial charge on any atom is 0.325 e. The average Bonchev–Trinajstić information content (AvgIpc) is 3.08. The number of pyridine rings is 1. The Kier molecular flexibility index (Phi) is 5.90. The van der Waals surface area contributed by atoms with Gasteiger partial charge in [0.1, 0.15) is 11.6 Å². The second-order valence-electron chi connectivity index (χ2n) is 6.32. The Morgan fingerprint density at radius 3 is 2.56 bits per heavy atom. The molecule has 1 aliphatic rings. The number of hydrogen-bond acceptors (Lipinski definition) is 4. The quantitative estimate of drug-likeness (QED) is 0.815. The summed E-state index contributed by atoms with van der Waals surface area (Å²) < 4.78 is 5.13. The second kappa shape index (κ2) is 8.53. The molecule has 0 bridgehead atoms. The highest BCUT2D eigenvalue weighted by atomic mass is 16.5. The largest absolute Gasteiger partial charge is 0.497 e. The molecule has 2 heterocycles. The normalized spacial score (nSPS) is 13.8. The van der Waals surface area contributed by atoms with Gasteiger partial charge in [0.2, 0.25) is 5.91 Å². The van der Waals surface area contributed by atoms with Crippen molar-refractivity contribution in [1.29, 1.82) is 0 Å². The van der Waals surface area contributed by atoms with Crippen molar-refractivity contribution in [2.45, 2.75) is 19.8 Å². The zero-order valence-corrected chi connectivity index (χ0v) is 15.6. The number of nitrogens with one attached hydrogen (secondary N) is 1. The Labute approximate surface area is 158 Å². The first-order chi connectivity index (χ1) is 13.1. The minimum absolute atomic E-state index is 0.0266. The molecule has 0 aliphatic carbocycles. The van der Waals surface area contributed by atoms with Crippen LogP contribution in [0.1, 0.15) is 18.9 Å². The van der Waals surface area contributed by atoms with Crippen LogP contribution in [0.2, 0.25) is 0 Å². The van der Waals surface area contributed by atoms with Crippen LogP contribution in [0.3, 0.4) is 0 Å². The van der Waals surface area contributed by atoms with Crippen LogP contribution in [0.5, 0.6) is 5.75 Å². The van der Waals surface area contributed by atoms with Crippen LogP contribution >= 0.6 is 0 Å². The number of urea groups is 1. The number of carbonyl (C=O) groups is 2. The van der Waals surface area contributed by atoms with Crippen LogP contribution in [-0.2, 0) is 11.2 Å². The monoisotopic (exact) mass is 368 g/mol. The lowest BCUT2D eigenvalue weighted by molar-refractivity contribution is -0.116. The zero-order chi connectivity index (χ0) is 19.2. The van der Waals surface area contributed by atoms with Crippen molar-refractivity contribution in [3.63, 3.8) is 0 Å². The summed E-state index contributed by atoms with van der Waals surface area (Å²) in [5, 5.41) is 2.84. The van der Waals surface area contributed by atoms with Gasteiger partial charge in [-0.1, -0.05) is 12.1 Å². The number of hydrogen-bond donors (Lipinski definition) is 1. The molecule has 7 nitrogen and oxygen atoms in total. The summed E-state index contributed by atoms with van der Waals surface area (Å²) in [6.45, 7) is 3.99. The number of benzene rings is 1. The Balaban J connectivity index is 1.51. The van der Waals surface area contributed by atoms with Gasteiger partial charge in [-0.15, -0.1) is 0 Å². The van der Waals surface area contributed by atoms with Gasteiger partial charge < -0.3 is 15.0 Å². The number of likely N-dealkylation sites (N-methyl/N-ethyl adjacent to an activating group) is 1. The number of aromatic nitrogens is 1. The number of nitrogens with zero attached hydrogens (tertiary/aromatic N) is 3. The molecule has 0 unspecified atom stereocenters.